The van der Waals surface area contributed by atoms with Crippen molar-refractivity contribution in [2.45, 2.75) is 27.2 Å². The van der Waals surface area contributed by atoms with Crippen LogP contribution < -0.4 is 0 Å². The molecule has 0 aliphatic carbocycles. The molecule has 2 N–H and O–H groups in total. The van der Waals surface area contributed by atoms with Crippen LogP contribution in [0.4, 0.5) is 0 Å². The lowest BCUT2D eigenvalue weighted by molar-refractivity contribution is -0.136. The summed E-state index contributed by atoms with van der Waals surface area (Å²) in [5.74, 6) is -2.11. The SMILES string of the molecule is C/C=C(C)/C(C(=O)O)=C(/C)CC(=O)O. The summed E-state index contributed by atoms with van der Waals surface area (Å²) in [6.07, 6.45) is 1.40. The smallest absolute Gasteiger partial charge is 0.335 e. The molecule has 78 valence electrons. The van der Waals surface area contributed by atoms with Gasteiger partial charge >= 0.3 is 11.9 Å². The molecule has 0 radical (unpaired) electrons. The molecule has 0 atom stereocenters. The number of rotatable bonds is 4. The number of hydrogen-bond acceptors (Lipinski definition) is 2. The van der Waals surface area contributed by atoms with Gasteiger partial charge in [0.25, 0.3) is 0 Å². The first-order chi connectivity index (χ1) is 6.40. The van der Waals surface area contributed by atoms with Gasteiger partial charge in [-0.3, -0.25) is 4.79 Å². The topological polar surface area (TPSA) is 74.6 Å². The molecule has 0 aliphatic heterocycles. The number of carboxylic acids is 2. The third kappa shape index (κ3) is 3.43. The molecule has 0 spiro atoms. The minimum atomic E-state index is -1.08. The van der Waals surface area contributed by atoms with E-state index in [4.69, 9.17) is 10.2 Å². The lowest BCUT2D eigenvalue weighted by atomic mass is 10.00. The monoisotopic (exact) mass is 198 g/mol. The normalized spacial score (nSPS) is 13.5. The Labute approximate surface area is 82.6 Å². The van der Waals surface area contributed by atoms with Crippen molar-refractivity contribution in [3.05, 3.63) is 22.8 Å². The largest absolute Gasteiger partial charge is 0.481 e. The van der Waals surface area contributed by atoms with Crippen LogP contribution in [-0.2, 0) is 9.59 Å². The fourth-order valence-corrected chi connectivity index (χ4v) is 1.15. The highest BCUT2D eigenvalue weighted by molar-refractivity contribution is 5.93. The minimum absolute atomic E-state index is 0.0925. The van der Waals surface area contributed by atoms with Gasteiger partial charge in [-0.25, -0.2) is 4.79 Å². The van der Waals surface area contributed by atoms with Gasteiger partial charge in [0.1, 0.15) is 0 Å². The molecule has 0 saturated carbocycles. The molecule has 0 bridgehead atoms. The second kappa shape index (κ2) is 5.21. The van der Waals surface area contributed by atoms with E-state index >= 15 is 0 Å². The van der Waals surface area contributed by atoms with Crippen molar-refractivity contribution in [3.8, 4) is 0 Å². The van der Waals surface area contributed by atoms with E-state index in [-0.39, 0.29) is 12.0 Å². The van der Waals surface area contributed by atoms with Crippen LogP contribution in [0.25, 0.3) is 0 Å². The lowest BCUT2D eigenvalue weighted by Gasteiger charge is -2.06. The first kappa shape index (κ1) is 12.4. The lowest BCUT2D eigenvalue weighted by Crippen LogP contribution is -2.07. The number of hydrogen-bond donors (Lipinski definition) is 2. The molecule has 0 aromatic rings. The third-order valence-corrected chi connectivity index (χ3v) is 1.88. The van der Waals surface area contributed by atoms with Gasteiger partial charge in [0.05, 0.1) is 12.0 Å². The molecule has 0 aromatic carbocycles. The molecular weight excluding hydrogens is 184 g/mol. The highest BCUT2D eigenvalue weighted by atomic mass is 16.4. The molecule has 14 heavy (non-hydrogen) atoms. The third-order valence-electron chi connectivity index (χ3n) is 1.88. The highest BCUT2D eigenvalue weighted by Crippen LogP contribution is 2.17. The molecule has 0 aromatic heterocycles. The summed E-state index contributed by atoms with van der Waals surface area (Å²) in [6, 6.07) is 0. The second-order valence-corrected chi connectivity index (χ2v) is 3.00. The quantitative estimate of drug-likeness (QED) is 0.533. The predicted octanol–water partition coefficient (Wildman–Crippen LogP) is 1.83. The van der Waals surface area contributed by atoms with E-state index in [1.807, 2.05) is 0 Å². The zero-order valence-corrected chi connectivity index (χ0v) is 8.50. The first-order valence-corrected chi connectivity index (χ1v) is 4.18. The van der Waals surface area contributed by atoms with Gasteiger partial charge < -0.3 is 10.2 Å². The zero-order valence-electron chi connectivity index (χ0n) is 8.50. The summed E-state index contributed by atoms with van der Waals surface area (Å²) in [5, 5.41) is 17.4. The van der Waals surface area contributed by atoms with E-state index in [1.165, 1.54) is 6.92 Å². The van der Waals surface area contributed by atoms with Crippen molar-refractivity contribution in [2.75, 3.05) is 0 Å². The van der Waals surface area contributed by atoms with Crippen molar-refractivity contribution < 1.29 is 19.8 Å². The summed E-state index contributed by atoms with van der Waals surface area (Å²) in [7, 11) is 0. The Balaban J connectivity index is 5.16. The van der Waals surface area contributed by atoms with Gasteiger partial charge in [0.15, 0.2) is 0 Å². The Morgan fingerprint density at radius 1 is 1.21 bits per heavy atom. The van der Waals surface area contributed by atoms with Gasteiger partial charge in [-0.05, 0) is 31.9 Å². The number of aliphatic carboxylic acids is 2. The second-order valence-electron chi connectivity index (χ2n) is 3.00. The Bertz CT molecular complexity index is 310. The fourth-order valence-electron chi connectivity index (χ4n) is 1.15. The molecule has 0 unspecified atom stereocenters. The van der Waals surface area contributed by atoms with Gasteiger partial charge in [0.2, 0.25) is 0 Å². The van der Waals surface area contributed by atoms with Crippen LogP contribution >= 0.6 is 0 Å². The van der Waals surface area contributed by atoms with Gasteiger partial charge in [-0.1, -0.05) is 6.08 Å². The predicted molar refractivity (Wildman–Crippen MR) is 52.0 cm³/mol. The van der Waals surface area contributed by atoms with Crippen molar-refractivity contribution in [1.29, 1.82) is 0 Å². The Hall–Kier alpha value is -1.58. The molecule has 0 amide bonds. The van der Waals surface area contributed by atoms with E-state index in [9.17, 15) is 9.59 Å². The van der Waals surface area contributed by atoms with E-state index in [0.717, 1.165) is 0 Å². The maximum absolute atomic E-state index is 10.8. The first-order valence-electron chi connectivity index (χ1n) is 4.18. The van der Waals surface area contributed by atoms with Crippen LogP contribution in [0, 0.1) is 0 Å². The summed E-state index contributed by atoms with van der Waals surface area (Å²) in [4.78, 5) is 21.2. The van der Waals surface area contributed by atoms with Gasteiger partial charge in [-0.2, -0.15) is 0 Å². The van der Waals surface area contributed by atoms with Crippen LogP contribution in [0.15, 0.2) is 22.8 Å². The Morgan fingerprint density at radius 3 is 2.00 bits per heavy atom. The maximum atomic E-state index is 10.8. The molecule has 4 heteroatoms. The van der Waals surface area contributed by atoms with Crippen LogP contribution in [0.1, 0.15) is 27.2 Å². The van der Waals surface area contributed by atoms with Crippen LogP contribution in [0.3, 0.4) is 0 Å². The Morgan fingerprint density at radius 2 is 1.71 bits per heavy atom. The average Bonchev–Trinajstić information content (AvgIpc) is 2.01. The summed E-state index contributed by atoms with van der Waals surface area (Å²) in [5.41, 5.74) is 1.03. The van der Waals surface area contributed by atoms with Crippen LogP contribution in [-0.4, -0.2) is 22.2 Å². The van der Waals surface area contributed by atoms with Crippen molar-refractivity contribution in [2.24, 2.45) is 0 Å². The highest BCUT2D eigenvalue weighted by Gasteiger charge is 2.14. The molecule has 0 fully saturated rings. The molecule has 0 heterocycles. The van der Waals surface area contributed by atoms with Crippen LogP contribution in [0.2, 0.25) is 0 Å². The zero-order chi connectivity index (χ0) is 11.3. The summed E-state index contributed by atoms with van der Waals surface area (Å²) in [6.45, 7) is 4.88. The van der Waals surface area contributed by atoms with Crippen LogP contribution in [0.5, 0.6) is 0 Å². The molecule has 4 nitrogen and oxygen atoms in total. The average molecular weight is 198 g/mol. The fraction of sp³-hybridized carbons (Fsp3) is 0.400. The van der Waals surface area contributed by atoms with Crippen molar-refractivity contribution in [3.63, 3.8) is 0 Å². The van der Waals surface area contributed by atoms with Gasteiger partial charge in [-0.15, -0.1) is 0 Å². The number of carboxylic acid groups (broad SMARTS) is 2. The van der Waals surface area contributed by atoms with E-state index in [0.29, 0.717) is 11.1 Å². The Kier molecular flexibility index (Phi) is 4.63. The standard InChI is InChI=1S/C10H14O4/c1-4-6(2)9(10(13)14)7(3)5-8(11)12/h4H,5H2,1-3H3,(H,11,12)(H,13,14)/b6-4+,9-7+. The molecule has 0 rings (SSSR count). The van der Waals surface area contributed by atoms with Crippen molar-refractivity contribution in [1.82, 2.24) is 0 Å². The number of allylic oxidation sites excluding steroid dienone is 1. The number of carbonyl (C=O) groups is 2. The minimum Gasteiger partial charge on any atom is -0.481 e. The van der Waals surface area contributed by atoms with E-state index < -0.39 is 11.9 Å². The summed E-state index contributed by atoms with van der Waals surface area (Å²) >= 11 is 0. The maximum Gasteiger partial charge on any atom is 0.335 e. The molecule has 0 aliphatic rings. The van der Waals surface area contributed by atoms with E-state index in [1.54, 1.807) is 19.9 Å². The molecule has 0 saturated heterocycles. The molecular formula is C10H14O4. The summed E-state index contributed by atoms with van der Waals surface area (Å²) < 4.78 is 0. The van der Waals surface area contributed by atoms with E-state index in [2.05, 4.69) is 0 Å². The van der Waals surface area contributed by atoms with Gasteiger partial charge in [0, 0.05) is 0 Å². The van der Waals surface area contributed by atoms with Crippen molar-refractivity contribution >= 4 is 11.9 Å².